The summed E-state index contributed by atoms with van der Waals surface area (Å²) in [5.74, 6) is -0.972. The van der Waals surface area contributed by atoms with Crippen molar-refractivity contribution >= 4 is 33.4 Å². The van der Waals surface area contributed by atoms with Gasteiger partial charge in [0, 0.05) is 4.47 Å². The monoisotopic (exact) mass is 319 g/mol. The zero-order chi connectivity index (χ0) is 13.1. The Morgan fingerprint density at radius 1 is 0.947 bits per heavy atom. The Morgan fingerprint density at radius 2 is 1.47 bits per heavy atom. The zero-order valence-corrected chi connectivity index (χ0v) is 11.4. The fourth-order valence-corrected chi connectivity index (χ4v) is 3.41. The van der Waals surface area contributed by atoms with Gasteiger partial charge in [-0.05, 0) is 24.3 Å². The van der Waals surface area contributed by atoms with Crippen LogP contribution in [-0.2, 0) is 14.3 Å². The van der Waals surface area contributed by atoms with E-state index >= 15 is 0 Å². The van der Waals surface area contributed by atoms with Gasteiger partial charge in [-0.25, -0.2) is 4.90 Å². The molecular formula is C14H10BrNO3. The number of benzene rings is 1. The molecule has 0 aliphatic carbocycles. The SMILES string of the molecule is O=C1C2C3C=CC(O3)C2C(=O)N1c1ccc(Br)cc1. The molecule has 1 aromatic carbocycles. The van der Waals surface area contributed by atoms with Gasteiger partial charge in [0.15, 0.2) is 0 Å². The van der Waals surface area contributed by atoms with Crippen molar-refractivity contribution in [3.8, 4) is 0 Å². The molecule has 0 spiro atoms. The molecule has 2 bridgehead atoms. The lowest BCUT2D eigenvalue weighted by molar-refractivity contribution is -0.124. The summed E-state index contributed by atoms with van der Waals surface area (Å²) in [5.41, 5.74) is 0.631. The lowest BCUT2D eigenvalue weighted by Gasteiger charge is -2.17. The van der Waals surface area contributed by atoms with Crippen LogP contribution in [0.5, 0.6) is 0 Å². The number of amides is 2. The summed E-state index contributed by atoms with van der Waals surface area (Å²) in [6.45, 7) is 0. The molecule has 0 aromatic heterocycles. The van der Waals surface area contributed by atoms with E-state index in [4.69, 9.17) is 4.74 Å². The minimum Gasteiger partial charge on any atom is -0.365 e. The van der Waals surface area contributed by atoms with Gasteiger partial charge in [-0.2, -0.15) is 0 Å². The fraction of sp³-hybridized carbons (Fsp3) is 0.286. The molecule has 2 saturated heterocycles. The standard InChI is InChI=1S/C14H10BrNO3/c15-7-1-3-8(4-2-7)16-13(17)11-9-5-6-10(19-9)12(11)14(16)18/h1-6,9-12H. The van der Waals surface area contributed by atoms with Gasteiger partial charge < -0.3 is 4.74 Å². The third kappa shape index (κ3) is 1.42. The van der Waals surface area contributed by atoms with Gasteiger partial charge in [-0.3, -0.25) is 9.59 Å². The van der Waals surface area contributed by atoms with E-state index in [2.05, 4.69) is 15.9 Å². The van der Waals surface area contributed by atoms with Gasteiger partial charge in [0.1, 0.15) is 0 Å². The highest BCUT2D eigenvalue weighted by Gasteiger charge is 2.60. The molecule has 3 aliphatic heterocycles. The molecule has 2 fully saturated rings. The van der Waals surface area contributed by atoms with Crippen molar-refractivity contribution in [1.82, 2.24) is 0 Å². The summed E-state index contributed by atoms with van der Waals surface area (Å²) < 4.78 is 6.51. The number of hydrogen-bond acceptors (Lipinski definition) is 3. The molecule has 4 rings (SSSR count). The maximum Gasteiger partial charge on any atom is 0.240 e. The zero-order valence-electron chi connectivity index (χ0n) is 9.82. The third-order valence-corrected chi connectivity index (χ3v) is 4.52. The van der Waals surface area contributed by atoms with E-state index in [0.29, 0.717) is 5.69 Å². The summed E-state index contributed by atoms with van der Waals surface area (Å²) in [6, 6.07) is 7.20. The van der Waals surface area contributed by atoms with Crippen molar-refractivity contribution in [2.75, 3.05) is 4.90 Å². The number of nitrogens with zero attached hydrogens (tertiary/aromatic N) is 1. The van der Waals surface area contributed by atoms with E-state index in [1.807, 2.05) is 24.3 Å². The van der Waals surface area contributed by atoms with Gasteiger partial charge in [-0.15, -0.1) is 0 Å². The van der Waals surface area contributed by atoms with Crippen LogP contribution < -0.4 is 4.90 Å². The number of fused-ring (bicyclic) bond motifs is 5. The fourth-order valence-electron chi connectivity index (χ4n) is 3.15. The van der Waals surface area contributed by atoms with Crippen molar-refractivity contribution in [1.29, 1.82) is 0 Å². The second-order valence-electron chi connectivity index (χ2n) is 4.99. The first-order valence-corrected chi connectivity index (χ1v) is 6.93. The van der Waals surface area contributed by atoms with Crippen molar-refractivity contribution in [3.05, 3.63) is 40.9 Å². The minimum atomic E-state index is -0.342. The van der Waals surface area contributed by atoms with Gasteiger partial charge in [0.2, 0.25) is 11.8 Å². The number of halogens is 1. The maximum absolute atomic E-state index is 12.5. The summed E-state index contributed by atoms with van der Waals surface area (Å²) >= 11 is 3.34. The van der Waals surface area contributed by atoms with Crippen molar-refractivity contribution < 1.29 is 14.3 Å². The molecular weight excluding hydrogens is 310 g/mol. The number of carbonyl (C=O) groups excluding carboxylic acids is 2. The highest BCUT2D eigenvalue weighted by Crippen LogP contribution is 2.46. The van der Waals surface area contributed by atoms with E-state index in [1.54, 1.807) is 12.1 Å². The molecule has 96 valence electrons. The van der Waals surface area contributed by atoms with Crippen LogP contribution in [0.2, 0.25) is 0 Å². The van der Waals surface area contributed by atoms with Crippen molar-refractivity contribution in [2.24, 2.45) is 11.8 Å². The van der Waals surface area contributed by atoms with Crippen LogP contribution in [0.15, 0.2) is 40.9 Å². The Kier molecular flexibility index (Phi) is 2.26. The summed E-state index contributed by atoms with van der Waals surface area (Å²) in [6.07, 6.45) is 3.32. The largest absolute Gasteiger partial charge is 0.365 e. The average molecular weight is 320 g/mol. The quantitative estimate of drug-likeness (QED) is 0.586. The van der Waals surface area contributed by atoms with Gasteiger partial charge in [-0.1, -0.05) is 28.1 Å². The Balaban J connectivity index is 1.74. The van der Waals surface area contributed by atoms with Crippen LogP contribution in [0.3, 0.4) is 0 Å². The van der Waals surface area contributed by atoms with E-state index in [-0.39, 0.29) is 35.9 Å². The molecule has 19 heavy (non-hydrogen) atoms. The normalized spacial score (nSPS) is 35.3. The number of carbonyl (C=O) groups is 2. The number of anilines is 1. The first-order chi connectivity index (χ1) is 9.16. The highest BCUT2D eigenvalue weighted by atomic mass is 79.9. The smallest absolute Gasteiger partial charge is 0.240 e. The molecule has 5 heteroatoms. The molecule has 0 N–H and O–H groups in total. The predicted octanol–water partition coefficient (Wildman–Crippen LogP) is 1.89. The van der Waals surface area contributed by atoms with Gasteiger partial charge >= 0.3 is 0 Å². The number of rotatable bonds is 1. The Morgan fingerprint density at radius 3 is 2.00 bits per heavy atom. The Hall–Kier alpha value is -1.46. The summed E-state index contributed by atoms with van der Waals surface area (Å²) in [4.78, 5) is 26.2. The Labute approximate surface area is 118 Å². The first-order valence-electron chi connectivity index (χ1n) is 6.14. The molecule has 4 unspecified atom stereocenters. The second kappa shape index (κ2) is 3.77. The minimum absolute atomic E-state index is 0.144. The number of imide groups is 1. The summed E-state index contributed by atoms with van der Waals surface area (Å²) in [5, 5.41) is 0. The van der Waals surface area contributed by atoms with Crippen LogP contribution >= 0.6 is 15.9 Å². The predicted molar refractivity (Wildman–Crippen MR) is 71.4 cm³/mol. The molecule has 3 aliphatic rings. The Bertz CT molecular complexity index is 580. The van der Waals surface area contributed by atoms with Crippen molar-refractivity contribution in [2.45, 2.75) is 12.2 Å². The second-order valence-corrected chi connectivity index (χ2v) is 5.91. The van der Waals surface area contributed by atoms with E-state index < -0.39 is 0 Å². The first kappa shape index (κ1) is 11.4. The molecule has 0 radical (unpaired) electrons. The van der Waals surface area contributed by atoms with Crippen LogP contribution in [0.1, 0.15) is 0 Å². The lowest BCUT2D eigenvalue weighted by atomic mass is 9.85. The highest BCUT2D eigenvalue weighted by molar-refractivity contribution is 9.10. The molecule has 4 nitrogen and oxygen atoms in total. The number of ether oxygens (including phenoxy) is 1. The van der Waals surface area contributed by atoms with Gasteiger partial charge in [0.25, 0.3) is 0 Å². The molecule has 3 heterocycles. The van der Waals surface area contributed by atoms with Crippen LogP contribution in [-0.4, -0.2) is 24.0 Å². The van der Waals surface area contributed by atoms with E-state index in [0.717, 1.165) is 4.47 Å². The average Bonchev–Trinajstić information content (AvgIpc) is 3.06. The lowest BCUT2D eigenvalue weighted by Crippen LogP contribution is -2.34. The molecule has 4 atom stereocenters. The maximum atomic E-state index is 12.5. The van der Waals surface area contributed by atoms with E-state index in [9.17, 15) is 9.59 Å². The van der Waals surface area contributed by atoms with Gasteiger partial charge in [0.05, 0.1) is 29.7 Å². The van der Waals surface area contributed by atoms with Crippen LogP contribution in [0, 0.1) is 11.8 Å². The number of hydrogen-bond donors (Lipinski definition) is 0. The van der Waals surface area contributed by atoms with Crippen LogP contribution in [0.4, 0.5) is 5.69 Å². The van der Waals surface area contributed by atoms with Crippen LogP contribution in [0.25, 0.3) is 0 Å². The topological polar surface area (TPSA) is 46.6 Å². The van der Waals surface area contributed by atoms with Crippen molar-refractivity contribution in [3.63, 3.8) is 0 Å². The van der Waals surface area contributed by atoms with E-state index in [1.165, 1.54) is 4.90 Å². The molecule has 1 aromatic rings. The molecule has 0 saturated carbocycles. The third-order valence-electron chi connectivity index (χ3n) is 4.00. The molecule has 2 amide bonds. The summed E-state index contributed by atoms with van der Waals surface area (Å²) in [7, 11) is 0.